The molecule has 0 saturated carbocycles. The van der Waals surface area contributed by atoms with Crippen LogP contribution in [0.3, 0.4) is 0 Å². The molecule has 1 unspecified atom stereocenters. The number of nitriles is 1. The molecule has 1 atom stereocenters. The van der Waals surface area contributed by atoms with Crippen molar-refractivity contribution in [3.63, 3.8) is 0 Å². The number of benzene rings is 2. The first-order valence-electron chi connectivity index (χ1n) is 8.85. The molecule has 1 aliphatic heterocycles. The van der Waals surface area contributed by atoms with Crippen LogP contribution >= 0.6 is 0 Å². The molecule has 0 aliphatic carbocycles. The van der Waals surface area contributed by atoms with E-state index in [9.17, 15) is 9.59 Å². The first kappa shape index (κ1) is 18.5. The molecule has 1 fully saturated rings. The third-order valence-corrected chi connectivity index (χ3v) is 4.30. The molecule has 138 valence electrons. The van der Waals surface area contributed by atoms with E-state index in [4.69, 9.17) is 10.00 Å². The number of nitrogens with zero attached hydrogens (tertiary/aromatic N) is 2. The lowest BCUT2D eigenvalue weighted by atomic mass is 10.1. The van der Waals surface area contributed by atoms with Crippen LogP contribution in [0.5, 0.6) is 5.75 Å². The van der Waals surface area contributed by atoms with E-state index in [0.717, 1.165) is 0 Å². The second-order valence-corrected chi connectivity index (χ2v) is 6.72. The van der Waals surface area contributed by atoms with E-state index in [2.05, 4.69) is 5.32 Å². The summed E-state index contributed by atoms with van der Waals surface area (Å²) in [6.45, 7) is 4.16. The van der Waals surface area contributed by atoms with Gasteiger partial charge in [0.15, 0.2) is 0 Å². The van der Waals surface area contributed by atoms with Gasteiger partial charge in [-0.3, -0.25) is 9.59 Å². The molecule has 1 aliphatic rings. The second kappa shape index (κ2) is 7.92. The van der Waals surface area contributed by atoms with Crippen molar-refractivity contribution in [3.05, 3.63) is 54.1 Å². The highest BCUT2D eigenvalue weighted by Crippen LogP contribution is 2.34. The number of anilines is 2. The van der Waals surface area contributed by atoms with Crippen LogP contribution in [0.25, 0.3) is 0 Å². The van der Waals surface area contributed by atoms with E-state index in [0.29, 0.717) is 29.2 Å². The Kier molecular flexibility index (Phi) is 5.41. The number of amides is 2. The van der Waals surface area contributed by atoms with Crippen molar-refractivity contribution in [2.24, 2.45) is 5.92 Å². The molecule has 2 aromatic carbocycles. The third kappa shape index (κ3) is 4.26. The summed E-state index contributed by atoms with van der Waals surface area (Å²) in [4.78, 5) is 26.7. The monoisotopic (exact) mass is 363 g/mol. The molecule has 0 bridgehead atoms. The summed E-state index contributed by atoms with van der Waals surface area (Å²) >= 11 is 0. The fourth-order valence-corrected chi connectivity index (χ4v) is 3.02. The summed E-state index contributed by atoms with van der Waals surface area (Å²) in [5, 5.41) is 11.7. The van der Waals surface area contributed by atoms with Gasteiger partial charge in [0.05, 0.1) is 29.3 Å². The topological polar surface area (TPSA) is 82.4 Å². The quantitative estimate of drug-likeness (QED) is 0.883. The molecule has 6 nitrogen and oxygen atoms in total. The molecule has 2 aromatic rings. The Balaban J connectivity index is 1.71. The number of hydrogen-bond acceptors (Lipinski definition) is 4. The van der Waals surface area contributed by atoms with Crippen LogP contribution < -0.4 is 15.0 Å². The molecule has 6 heteroatoms. The summed E-state index contributed by atoms with van der Waals surface area (Å²) in [5.41, 5.74) is 1.82. The van der Waals surface area contributed by atoms with E-state index in [1.807, 2.05) is 44.2 Å². The normalized spacial score (nSPS) is 16.3. The summed E-state index contributed by atoms with van der Waals surface area (Å²) in [5.74, 6) is -0.123. The van der Waals surface area contributed by atoms with Crippen LogP contribution in [0.15, 0.2) is 48.5 Å². The molecule has 2 amide bonds. The van der Waals surface area contributed by atoms with Crippen molar-refractivity contribution in [1.29, 1.82) is 5.26 Å². The molecular weight excluding hydrogens is 342 g/mol. The van der Waals surface area contributed by atoms with Gasteiger partial charge >= 0.3 is 0 Å². The van der Waals surface area contributed by atoms with Gasteiger partial charge in [-0.1, -0.05) is 12.1 Å². The van der Waals surface area contributed by atoms with Gasteiger partial charge in [-0.2, -0.15) is 5.26 Å². The van der Waals surface area contributed by atoms with Gasteiger partial charge in [-0.25, -0.2) is 0 Å². The summed E-state index contributed by atoms with van der Waals surface area (Å²) in [6.07, 6.45) is 0.136. The lowest BCUT2D eigenvalue weighted by molar-refractivity contribution is -0.122. The standard InChI is InChI=1S/C21H21N3O3/c1-14(2)27-19-6-4-3-5-18(19)24-13-16(11-20(24)25)21(26)23-17-9-7-15(12-22)8-10-17/h3-10,14,16H,11,13H2,1-2H3,(H,23,26). The van der Waals surface area contributed by atoms with E-state index < -0.39 is 5.92 Å². The van der Waals surface area contributed by atoms with Crippen molar-refractivity contribution in [3.8, 4) is 11.8 Å². The molecule has 0 spiro atoms. The molecule has 27 heavy (non-hydrogen) atoms. The van der Waals surface area contributed by atoms with Crippen LogP contribution in [0.1, 0.15) is 25.8 Å². The van der Waals surface area contributed by atoms with Crippen LogP contribution in [-0.2, 0) is 9.59 Å². The molecule has 1 heterocycles. The maximum Gasteiger partial charge on any atom is 0.229 e. The van der Waals surface area contributed by atoms with Crippen molar-refractivity contribution in [2.75, 3.05) is 16.8 Å². The van der Waals surface area contributed by atoms with Crippen LogP contribution in [0, 0.1) is 17.2 Å². The predicted octanol–water partition coefficient (Wildman–Crippen LogP) is 3.34. The third-order valence-electron chi connectivity index (χ3n) is 4.30. The maximum absolute atomic E-state index is 12.6. The number of carbonyl (C=O) groups is 2. The summed E-state index contributed by atoms with van der Waals surface area (Å²) < 4.78 is 5.80. The van der Waals surface area contributed by atoms with Gasteiger partial charge in [0.25, 0.3) is 0 Å². The van der Waals surface area contributed by atoms with Crippen molar-refractivity contribution >= 4 is 23.2 Å². The first-order chi connectivity index (χ1) is 13.0. The largest absolute Gasteiger partial charge is 0.489 e. The highest BCUT2D eigenvalue weighted by molar-refractivity contribution is 6.04. The molecule has 1 saturated heterocycles. The zero-order valence-electron chi connectivity index (χ0n) is 15.3. The minimum atomic E-state index is -0.444. The Bertz CT molecular complexity index is 884. The maximum atomic E-state index is 12.6. The lowest BCUT2D eigenvalue weighted by Crippen LogP contribution is -2.28. The van der Waals surface area contributed by atoms with Crippen molar-refractivity contribution in [2.45, 2.75) is 26.4 Å². The van der Waals surface area contributed by atoms with Gasteiger partial charge < -0.3 is 15.0 Å². The van der Waals surface area contributed by atoms with Gasteiger partial charge in [0, 0.05) is 18.7 Å². The minimum Gasteiger partial charge on any atom is -0.489 e. The highest BCUT2D eigenvalue weighted by Gasteiger charge is 2.36. The van der Waals surface area contributed by atoms with Crippen LogP contribution in [0.4, 0.5) is 11.4 Å². The van der Waals surface area contributed by atoms with Gasteiger partial charge in [-0.15, -0.1) is 0 Å². The SMILES string of the molecule is CC(C)Oc1ccccc1N1CC(C(=O)Nc2ccc(C#N)cc2)CC1=O. The van der Waals surface area contributed by atoms with Gasteiger partial charge in [-0.05, 0) is 50.2 Å². The fourth-order valence-electron chi connectivity index (χ4n) is 3.02. The lowest BCUT2D eigenvalue weighted by Gasteiger charge is -2.21. The fraction of sp³-hybridized carbons (Fsp3) is 0.286. The van der Waals surface area contributed by atoms with E-state index in [1.54, 1.807) is 29.2 Å². The Morgan fingerprint density at radius 1 is 1.22 bits per heavy atom. The Morgan fingerprint density at radius 3 is 2.59 bits per heavy atom. The predicted molar refractivity (Wildman–Crippen MR) is 102 cm³/mol. The Labute approximate surface area is 158 Å². The molecule has 3 rings (SSSR count). The van der Waals surface area contributed by atoms with E-state index in [-0.39, 0.29) is 24.3 Å². The number of rotatable bonds is 5. The van der Waals surface area contributed by atoms with Crippen LogP contribution in [0.2, 0.25) is 0 Å². The number of carbonyl (C=O) groups excluding carboxylic acids is 2. The smallest absolute Gasteiger partial charge is 0.229 e. The minimum absolute atomic E-state index is 0.0145. The van der Waals surface area contributed by atoms with Gasteiger partial charge in [0.1, 0.15) is 5.75 Å². The first-order valence-corrected chi connectivity index (χ1v) is 8.85. The Morgan fingerprint density at radius 2 is 1.93 bits per heavy atom. The molecule has 1 N–H and O–H groups in total. The van der Waals surface area contributed by atoms with Crippen molar-refractivity contribution < 1.29 is 14.3 Å². The van der Waals surface area contributed by atoms with E-state index >= 15 is 0 Å². The zero-order valence-corrected chi connectivity index (χ0v) is 15.3. The zero-order chi connectivity index (χ0) is 19.4. The van der Waals surface area contributed by atoms with Gasteiger partial charge in [0.2, 0.25) is 11.8 Å². The van der Waals surface area contributed by atoms with E-state index in [1.165, 1.54) is 0 Å². The van der Waals surface area contributed by atoms with Crippen molar-refractivity contribution in [1.82, 2.24) is 0 Å². The average molecular weight is 363 g/mol. The second-order valence-electron chi connectivity index (χ2n) is 6.72. The molecule has 0 radical (unpaired) electrons. The number of nitrogens with one attached hydrogen (secondary N) is 1. The Hall–Kier alpha value is -3.33. The highest BCUT2D eigenvalue weighted by atomic mass is 16.5. The number of ether oxygens (including phenoxy) is 1. The molecule has 0 aromatic heterocycles. The molecular formula is C21H21N3O3. The number of hydrogen-bond donors (Lipinski definition) is 1. The summed E-state index contributed by atoms with van der Waals surface area (Å²) in [7, 11) is 0. The average Bonchev–Trinajstić information content (AvgIpc) is 3.04. The van der Waals surface area contributed by atoms with Crippen LogP contribution in [-0.4, -0.2) is 24.5 Å². The summed E-state index contributed by atoms with van der Waals surface area (Å²) in [6, 6.07) is 16.0. The number of para-hydroxylation sites is 2.